The van der Waals surface area contributed by atoms with Gasteiger partial charge in [-0.1, -0.05) is 17.7 Å². The molecule has 0 radical (unpaired) electrons. The standard InChI is InChI=1S/C22H29N3O4S/c1-12-8-13(2)20(14(3)9-12)23-17(26)10-25(6)11-18(27)24-21-19(22(28)29-7)15(4)16(5)30-21/h8-9H,10-11H2,1-7H3,(H,23,26)(H,24,27). The van der Waals surface area contributed by atoms with Crippen LogP contribution >= 0.6 is 11.3 Å². The van der Waals surface area contributed by atoms with E-state index in [0.717, 1.165) is 32.8 Å². The molecule has 2 amide bonds. The molecular weight excluding hydrogens is 402 g/mol. The van der Waals surface area contributed by atoms with Crippen molar-refractivity contribution < 1.29 is 19.1 Å². The van der Waals surface area contributed by atoms with Gasteiger partial charge in [0.25, 0.3) is 0 Å². The number of ether oxygens (including phenoxy) is 1. The van der Waals surface area contributed by atoms with E-state index in [1.807, 2.05) is 46.8 Å². The van der Waals surface area contributed by atoms with Gasteiger partial charge in [-0.3, -0.25) is 14.5 Å². The summed E-state index contributed by atoms with van der Waals surface area (Å²) in [5, 5.41) is 6.17. The van der Waals surface area contributed by atoms with Crippen LogP contribution in [0.5, 0.6) is 0 Å². The van der Waals surface area contributed by atoms with Crippen molar-refractivity contribution in [2.75, 3.05) is 37.9 Å². The number of benzene rings is 1. The molecule has 0 spiro atoms. The van der Waals surface area contributed by atoms with Gasteiger partial charge in [0.15, 0.2) is 0 Å². The van der Waals surface area contributed by atoms with E-state index >= 15 is 0 Å². The second-order valence-corrected chi connectivity index (χ2v) is 8.75. The second-order valence-electron chi connectivity index (χ2n) is 7.52. The van der Waals surface area contributed by atoms with Crippen LogP contribution in [-0.4, -0.2) is 49.9 Å². The van der Waals surface area contributed by atoms with E-state index in [2.05, 4.69) is 10.6 Å². The van der Waals surface area contributed by atoms with Crippen LogP contribution in [0.3, 0.4) is 0 Å². The Kier molecular flexibility index (Phi) is 7.75. The zero-order valence-electron chi connectivity index (χ0n) is 18.6. The Morgan fingerprint density at radius 1 is 0.967 bits per heavy atom. The quantitative estimate of drug-likeness (QED) is 0.654. The van der Waals surface area contributed by atoms with Crippen molar-refractivity contribution in [1.29, 1.82) is 0 Å². The monoisotopic (exact) mass is 431 g/mol. The number of nitrogens with one attached hydrogen (secondary N) is 2. The van der Waals surface area contributed by atoms with E-state index in [1.165, 1.54) is 18.4 Å². The lowest BCUT2D eigenvalue weighted by atomic mass is 10.1. The number of esters is 1. The van der Waals surface area contributed by atoms with Crippen molar-refractivity contribution >= 4 is 39.8 Å². The summed E-state index contributed by atoms with van der Waals surface area (Å²) >= 11 is 1.33. The number of rotatable bonds is 7. The average molecular weight is 432 g/mol. The highest BCUT2D eigenvalue weighted by Gasteiger charge is 2.22. The first kappa shape index (κ1) is 23.6. The van der Waals surface area contributed by atoms with Gasteiger partial charge in [0, 0.05) is 10.6 Å². The largest absolute Gasteiger partial charge is 0.465 e. The van der Waals surface area contributed by atoms with Gasteiger partial charge >= 0.3 is 5.97 Å². The van der Waals surface area contributed by atoms with Gasteiger partial charge in [-0.05, 0) is 58.4 Å². The predicted octanol–water partition coefficient (Wildman–Crippen LogP) is 3.59. The van der Waals surface area contributed by atoms with E-state index in [-0.39, 0.29) is 24.9 Å². The summed E-state index contributed by atoms with van der Waals surface area (Å²) in [5.74, 6) is -0.985. The van der Waals surface area contributed by atoms with Crippen LogP contribution in [0.1, 0.15) is 37.5 Å². The second kappa shape index (κ2) is 9.86. The van der Waals surface area contributed by atoms with Crippen molar-refractivity contribution in [2.45, 2.75) is 34.6 Å². The van der Waals surface area contributed by atoms with Gasteiger partial charge in [-0.25, -0.2) is 4.79 Å². The Morgan fingerprint density at radius 2 is 1.50 bits per heavy atom. The minimum atomic E-state index is -0.483. The number of hydrogen-bond donors (Lipinski definition) is 2. The maximum Gasteiger partial charge on any atom is 0.341 e. The molecule has 0 saturated carbocycles. The number of likely N-dealkylation sites (N-methyl/N-ethyl adjacent to an activating group) is 1. The smallest absolute Gasteiger partial charge is 0.341 e. The first-order valence-corrected chi connectivity index (χ1v) is 10.4. The van der Waals surface area contributed by atoms with Gasteiger partial charge in [0.05, 0.1) is 25.8 Å². The molecule has 1 aromatic heterocycles. The van der Waals surface area contributed by atoms with Crippen molar-refractivity contribution in [2.24, 2.45) is 0 Å². The highest BCUT2D eigenvalue weighted by atomic mass is 32.1. The van der Waals surface area contributed by atoms with Gasteiger partial charge in [-0.15, -0.1) is 11.3 Å². The molecule has 0 fully saturated rings. The molecule has 7 nitrogen and oxygen atoms in total. The highest BCUT2D eigenvalue weighted by Crippen LogP contribution is 2.32. The molecular formula is C22H29N3O4S. The van der Waals surface area contributed by atoms with Crippen LogP contribution in [0.25, 0.3) is 0 Å². The van der Waals surface area contributed by atoms with Gasteiger partial charge in [0.1, 0.15) is 5.00 Å². The van der Waals surface area contributed by atoms with Crippen molar-refractivity contribution in [1.82, 2.24) is 4.90 Å². The summed E-state index contributed by atoms with van der Waals surface area (Å²) in [5.41, 5.74) is 5.11. The Labute approximate surface area is 181 Å². The highest BCUT2D eigenvalue weighted by molar-refractivity contribution is 7.16. The summed E-state index contributed by atoms with van der Waals surface area (Å²) in [7, 11) is 3.00. The SMILES string of the molecule is COC(=O)c1c(NC(=O)CN(C)CC(=O)Nc2c(C)cc(C)cc2C)sc(C)c1C. The summed E-state index contributed by atoms with van der Waals surface area (Å²) in [4.78, 5) is 39.5. The molecule has 0 unspecified atom stereocenters. The summed E-state index contributed by atoms with van der Waals surface area (Å²) in [6, 6.07) is 4.04. The molecule has 1 heterocycles. The van der Waals surface area contributed by atoms with E-state index in [4.69, 9.17) is 4.74 Å². The zero-order chi connectivity index (χ0) is 22.6. The predicted molar refractivity (Wildman–Crippen MR) is 121 cm³/mol. The number of aryl methyl sites for hydroxylation is 4. The van der Waals surface area contributed by atoms with Crippen LogP contribution in [0.2, 0.25) is 0 Å². The lowest BCUT2D eigenvalue weighted by molar-refractivity contribution is -0.119. The normalized spacial score (nSPS) is 10.8. The molecule has 162 valence electrons. The molecule has 2 aromatic rings. The number of methoxy groups -OCH3 is 1. The zero-order valence-corrected chi connectivity index (χ0v) is 19.4. The van der Waals surface area contributed by atoms with Gasteiger partial charge in [-0.2, -0.15) is 0 Å². The third-order valence-electron chi connectivity index (χ3n) is 4.80. The van der Waals surface area contributed by atoms with E-state index < -0.39 is 5.97 Å². The van der Waals surface area contributed by atoms with Gasteiger partial charge < -0.3 is 15.4 Å². The summed E-state index contributed by atoms with van der Waals surface area (Å²) in [6.07, 6.45) is 0. The fourth-order valence-electron chi connectivity index (χ4n) is 3.33. The van der Waals surface area contributed by atoms with E-state index in [9.17, 15) is 14.4 Å². The third-order valence-corrected chi connectivity index (χ3v) is 5.92. The molecule has 0 aliphatic carbocycles. The Balaban J connectivity index is 1.98. The molecule has 0 aliphatic rings. The molecule has 0 saturated heterocycles. The number of thiophene rings is 1. The number of carbonyl (C=O) groups excluding carboxylic acids is 3. The number of nitrogens with zero attached hydrogens (tertiary/aromatic N) is 1. The minimum absolute atomic E-state index is 0.00981. The first-order valence-electron chi connectivity index (χ1n) is 9.57. The number of carbonyl (C=O) groups is 3. The van der Waals surface area contributed by atoms with Crippen molar-refractivity contribution in [3.63, 3.8) is 0 Å². The molecule has 1 aromatic carbocycles. The van der Waals surface area contributed by atoms with Crippen LogP contribution in [0, 0.1) is 34.6 Å². The van der Waals surface area contributed by atoms with Crippen LogP contribution in [0.15, 0.2) is 12.1 Å². The minimum Gasteiger partial charge on any atom is -0.465 e. The van der Waals surface area contributed by atoms with Crippen LogP contribution in [0.4, 0.5) is 10.7 Å². The fourth-order valence-corrected chi connectivity index (χ4v) is 4.40. The Morgan fingerprint density at radius 3 is 2.03 bits per heavy atom. The summed E-state index contributed by atoms with van der Waals surface area (Å²) < 4.78 is 4.82. The molecule has 0 atom stereocenters. The topological polar surface area (TPSA) is 87.7 Å². The number of amides is 2. The number of hydrogen-bond acceptors (Lipinski definition) is 6. The van der Waals surface area contributed by atoms with Crippen molar-refractivity contribution in [3.8, 4) is 0 Å². The number of anilines is 2. The maximum absolute atomic E-state index is 12.5. The molecule has 2 rings (SSSR count). The Bertz CT molecular complexity index is 958. The lowest BCUT2D eigenvalue weighted by Gasteiger charge is -2.18. The third kappa shape index (κ3) is 5.67. The molecule has 2 N–H and O–H groups in total. The fraction of sp³-hybridized carbons (Fsp3) is 0.409. The molecule has 30 heavy (non-hydrogen) atoms. The summed E-state index contributed by atoms with van der Waals surface area (Å²) in [6.45, 7) is 9.70. The average Bonchev–Trinajstić information content (AvgIpc) is 2.90. The molecule has 0 aliphatic heterocycles. The van der Waals surface area contributed by atoms with Gasteiger partial charge in [0.2, 0.25) is 11.8 Å². The van der Waals surface area contributed by atoms with E-state index in [1.54, 1.807) is 11.9 Å². The first-order chi connectivity index (χ1) is 14.0. The van der Waals surface area contributed by atoms with Crippen LogP contribution < -0.4 is 10.6 Å². The molecule has 0 bridgehead atoms. The lowest BCUT2D eigenvalue weighted by Crippen LogP contribution is -2.36. The molecule has 8 heteroatoms. The van der Waals surface area contributed by atoms with Crippen LogP contribution in [-0.2, 0) is 14.3 Å². The van der Waals surface area contributed by atoms with E-state index in [0.29, 0.717) is 10.6 Å². The Hall–Kier alpha value is -2.71. The van der Waals surface area contributed by atoms with Crippen molar-refractivity contribution in [3.05, 3.63) is 44.8 Å². The maximum atomic E-state index is 12.5.